The molecule has 0 atom stereocenters. The topological polar surface area (TPSA) is 109 Å². The van der Waals surface area contributed by atoms with Gasteiger partial charge in [-0.1, -0.05) is 42.5 Å². The predicted molar refractivity (Wildman–Crippen MR) is 119 cm³/mol. The van der Waals surface area contributed by atoms with Gasteiger partial charge in [-0.2, -0.15) is 5.26 Å². The summed E-state index contributed by atoms with van der Waals surface area (Å²) in [6.45, 7) is 0.369. The summed E-state index contributed by atoms with van der Waals surface area (Å²) in [5.74, 6) is -0.777. The molecule has 0 aliphatic heterocycles. The number of nitrogens with zero attached hydrogens (tertiary/aromatic N) is 1. The number of carboxylic acids is 1. The Bertz CT molecular complexity index is 1200. The zero-order chi connectivity index (χ0) is 22.9. The number of carbonyl (C=O) groups excluding carboxylic acids is 1. The largest absolute Gasteiger partial charge is 0.493 e. The van der Waals surface area contributed by atoms with E-state index < -0.39 is 11.9 Å². The van der Waals surface area contributed by atoms with Crippen molar-refractivity contribution in [1.29, 1.82) is 5.26 Å². The van der Waals surface area contributed by atoms with Gasteiger partial charge in [0, 0.05) is 5.69 Å². The zero-order valence-corrected chi connectivity index (χ0v) is 17.2. The maximum absolute atomic E-state index is 12.5. The van der Waals surface area contributed by atoms with E-state index in [4.69, 9.17) is 14.6 Å². The van der Waals surface area contributed by atoms with Gasteiger partial charge in [0.05, 0.1) is 12.7 Å². The van der Waals surface area contributed by atoms with Gasteiger partial charge in [-0.25, -0.2) is 4.79 Å². The van der Waals surface area contributed by atoms with Crippen molar-refractivity contribution in [3.05, 3.63) is 95.1 Å². The Labute approximate surface area is 185 Å². The van der Waals surface area contributed by atoms with Gasteiger partial charge in [-0.3, -0.25) is 4.79 Å². The van der Waals surface area contributed by atoms with Gasteiger partial charge < -0.3 is 19.9 Å². The van der Waals surface area contributed by atoms with E-state index in [1.165, 1.54) is 31.4 Å². The number of hydrogen-bond acceptors (Lipinski definition) is 5. The van der Waals surface area contributed by atoms with E-state index in [2.05, 4.69) is 5.32 Å². The van der Waals surface area contributed by atoms with Crippen LogP contribution in [0.5, 0.6) is 11.5 Å². The molecule has 0 heterocycles. The first-order valence-electron chi connectivity index (χ1n) is 9.61. The lowest BCUT2D eigenvalue weighted by atomic mass is 10.1. The van der Waals surface area contributed by atoms with Gasteiger partial charge in [-0.15, -0.1) is 0 Å². The van der Waals surface area contributed by atoms with Gasteiger partial charge in [-0.05, 0) is 47.5 Å². The normalized spacial score (nSPS) is 10.7. The van der Waals surface area contributed by atoms with Gasteiger partial charge >= 0.3 is 5.97 Å². The lowest BCUT2D eigenvalue weighted by molar-refractivity contribution is -0.112. The van der Waals surface area contributed by atoms with E-state index in [1.807, 2.05) is 36.4 Å². The molecule has 0 aliphatic rings. The first-order valence-corrected chi connectivity index (χ1v) is 9.61. The average Bonchev–Trinajstić information content (AvgIpc) is 2.82. The van der Waals surface area contributed by atoms with Crippen molar-refractivity contribution in [2.75, 3.05) is 12.4 Å². The Morgan fingerprint density at radius 1 is 1.03 bits per heavy atom. The van der Waals surface area contributed by atoms with Crippen LogP contribution in [-0.2, 0) is 11.4 Å². The molecule has 7 heteroatoms. The lowest BCUT2D eigenvalue weighted by Gasteiger charge is -2.11. The van der Waals surface area contributed by atoms with Crippen LogP contribution in [0.2, 0.25) is 0 Å². The highest BCUT2D eigenvalue weighted by Gasteiger charge is 2.12. The van der Waals surface area contributed by atoms with Crippen LogP contribution >= 0.6 is 0 Å². The monoisotopic (exact) mass is 428 g/mol. The highest BCUT2D eigenvalue weighted by atomic mass is 16.5. The number of carboxylic acid groups (broad SMARTS) is 1. The maximum Gasteiger partial charge on any atom is 0.335 e. The summed E-state index contributed by atoms with van der Waals surface area (Å²) in [5, 5.41) is 21.0. The number of amides is 1. The summed E-state index contributed by atoms with van der Waals surface area (Å²) >= 11 is 0. The predicted octanol–water partition coefficient (Wildman–Crippen LogP) is 4.52. The first-order chi connectivity index (χ1) is 15.5. The minimum Gasteiger partial charge on any atom is -0.493 e. The number of anilines is 1. The minimum absolute atomic E-state index is 0.0288. The van der Waals surface area contributed by atoms with Crippen LogP contribution in [0.3, 0.4) is 0 Å². The Morgan fingerprint density at radius 2 is 1.81 bits per heavy atom. The summed E-state index contributed by atoms with van der Waals surface area (Å²) in [4.78, 5) is 23.6. The van der Waals surface area contributed by atoms with Gasteiger partial charge in [0.1, 0.15) is 18.2 Å². The molecular weight excluding hydrogens is 408 g/mol. The average molecular weight is 428 g/mol. The molecule has 7 nitrogen and oxygen atoms in total. The maximum atomic E-state index is 12.5. The molecule has 2 N–H and O–H groups in total. The number of methoxy groups -OCH3 is 1. The van der Waals surface area contributed by atoms with Crippen LogP contribution in [0.4, 0.5) is 5.69 Å². The molecule has 0 aliphatic carbocycles. The second kappa shape index (κ2) is 10.5. The fourth-order valence-electron chi connectivity index (χ4n) is 2.87. The van der Waals surface area contributed by atoms with E-state index in [-0.39, 0.29) is 16.8 Å². The quantitative estimate of drug-likeness (QED) is 0.403. The molecule has 0 spiro atoms. The van der Waals surface area contributed by atoms with E-state index in [1.54, 1.807) is 24.3 Å². The van der Waals surface area contributed by atoms with Crippen molar-refractivity contribution in [1.82, 2.24) is 0 Å². The molecule has 32 heavy (non-hydrogen) atoms. The molecule has 3 rings (SSSR count). The van der Waals surface area contributed by atoms with Crippen molar-refractivity contribution >= 4 is 23.6 Å². The Balaban J connectivity index is 1.76. The van der Waals surface area contributed by atoms with Crippen molar-refractivity contribution in [3.63, 3.8) is 0 Å². The second-order valence-corrected chi connectivity index (χ2v) is 6.69. The molecule has 160 valence electrons. The van der Waals surface area contributed by atoms with Crippen molar-refractivity contribution < 1.29 is 24.2 Å². The number of carbonyl (C=O) groups is 2. The third-order valence-corrected chi connectivity index (χ3v) is 4.47. The third kappa shape index (κ3) is 5.74. The number of nitrogens with one attached hydrogen (secondary N) is 1. The first kappa shape index (κ1) is 22.1. The third-order valence-electron chi connectivity index (χ3n) is 4.47. The number of nitriles is 1. The molecule has 0 bridgehead atoms. The van der Waals surface area contributed by atoms with Gasteiger partial charge in [0.2, 0.25) is 0 Å². The molecule has 0 aromatic heterocycles. The van der Waals surface area contributed by atoms with Crippen LogP contribution in [0, 0.1) is 11.3 Å². The van der Waals surface area contributed by atoms with Crippen LogP contribution < -0.4 is 14.8 Å². The molecule has 0 saturated carbocycles. The Morgan fingerprint density at radius 3 is 2.50 bits per heavy atom. The van der Waals surface area contributed by atoms with Crippen LogP contribution in [0.1, 0.15) is 21.5 Å². The van der Waals surface area contributed by atoms with Crippen molar-refractivity contribution in [2.45, 2.75) is 6.61 Å². The zero-order valence-electron chi connectivity index (χ0n) is 17.2. The number of rotatable bonds is 8. The summed E-state index contributed by atoms with van der Waals surface area (Å²) in [7, 11) is 1.51. The number of aromatic carboxylic acids is 1. The minimum atomic E-state index is -1.11. The molecule has 3 aromatic carbocycles. The Kier molecular flexibility index (Phi) is 7.23. The van der Waals surface area contributed by atoms with E-state index in [9.17, 15) is 14.9 Å². The highest BCUT2D eigenvalue weighted by molar-refractivity contribution is 6.10. The van der Waals surface area contributed by atoms with E-state index >= 15 is 0 Å². The van der Waals surface area contributed by atoms with E-state index in [0.29, 0.717) is 23.7 Å². The van der Waals surface area contributed by atoms with Crippen molar-refractivity contribution in [3.8, 4) is 17.6 Å². The summed E-state index contributed by atoms with van der Waals surface area (Å²) in [6.07, 6.45) is 1.42. The van der Waals surface area contributed by atoms with Gasteiger partial charge in [0.15, 0.2) is 11.5 Å². The summed E-state index contributed by atoms with van der Waals surface area (Å²) in [6, 6.07) is 22.4. The van der Waals surface area contributed by atoms with Crippen LogP contribution in [-0.4, -0.2) is 24.1 Å². The molecule has 0 saturated heterocycles. The molecule has 3 aromatic rings. The second-order valence-electron chi connectivity index (χ2n) is 6.69. The molecule has 0 unspecified atom stereocenters. The smallest absolute Gasteiger partial charge is 0.335 e. The summed E-state index contributed by atoms with van der Waals surface area (Å²) < 4.78 is 11.2. The Hall–Kier alpha value is -4.57. The standard InChI is InChI=1S/C25H20N2O5/c1-31-23-13-18(10-11-22(23)32-16-17-6-3-2-4-7-17)12-20(15-26)24(28)27-21-9-5-8-19(14-21)25(29)30/h2-14H,16H2,1H3,(H,27,28)(H,29,30)/b20-12-. The number of benzene rings is 3. The SMILES string of the molecule is COc1cc(/C=C(/C#N)C(=O)Nc2cccc(C(=O)O)c2)ccc1OCc1ccccc1. The van der Waals surface area contributed by atoms with Crippen molar-refractivity contribution in [2.24, 2.45) is 0 Å². The number of ether oxygens (including phenoxy) is 2. The van der Waals surface area contributed by atoms with E-state index in [0.717, 1.165) is 5.56 Å². The van der Waals surface area contributed by atoms with Crippen LogP contribution in [0.25, 0.3) is 6.08 Å². The van der Waals surface area contributed by atoms with Gasteiger partial charge in [0.25, 0.3) is 5.91 Å². The fraction of sp³-hybridized carbons (Fsp3) is 0.0800. The molecule has 1 amide bonds. The fourth-order valence-corrected chi connectivity index (χ4v) is 2.87. The molecular formula is C25H20N2O5. The molecule has 0 fully saturated rings. The number of hydrogen-bond donors (Lipinski definition) is 2. The highest BCUT2D eigenvalue weighted by Crippen LogP contribution is 2.29. The molecule has 0 radical (unpaired) electrons. The van der Waals surface area contributed by atoms with Crippen LogP contribution in [0.15, 0.2) is 78.4 Å². The summed E-state index contributed by atoms with van der Waals surface area (Å²) in [5.41, 5.74) is 1.74. The lowest BCUT2D eigenvalue weighted by Crippen LogP contribution is -2.14.